The molecule has 4 atom stereocenters. The van der Waals surface area contributed by atoms with Crippen molar-refractivity contribution in [3.8, 4) is 0 Å². The number of rotatable bonds is 4. The smallest absolute Gasteiger partial charge is 0.407 e. The second-order valence-corrected chi connectivity index (χ2v) is 8.72. The minimum Gasteiger partial charge on any atom is -0.459 e. The number of hydrogen-bond acceptors (Lipinski definition) is 5. The van der Waals surface area contributed by atoms with Crippen LogP contribution in [-0.2, 0) is 14.2 Å². The zero-order valence-electron chi connectivity index (χ0n) is 17.0. The minimum absolute atomic E-state index is 0.109. The Bertz CT molecular complexity index is 669. The van der Waals surface area contributed by atoms with Crippen molar-refractivity contribution in [2.24, 2.45) is 11.8 Å². The number of benzene rings is 1. The van der Waals surface area contributed by atoms with Gasteiger partial charge in [-0.2, -0.15) is 0 Å². The van der Waals surface area contributed by atoms with Crippen molar-refractivity contribution in [1.29, 1.82) is 0 Å². The first-order valence-electron chi connectivity index (χ1n) is 10.2. The number of nitrogens with one attached hydrogen (secondary N) is 1. The Balaban J connectivity index is 1.66. The molecule has 28 heavy (non-hydrogen) atoms. The van der Waals surface area contributed by atoms with E-state index < -0.39 is 11.7 Å². The van der Waals surface area contributed by atoms with Gasteiger partial charge in [-0.1, -0.05) is 31.0 Å². The van der Waals surface area contributed by atoms with Gasteiger partial charge in [-0.15, -0.1) is 0 Å². The van der Waals surface area contributed by atoms with Crippen molar-refractivity contribution in [1.82, 2.24) is 5.32 Å². The van der Waals surface area contributed by atoms with Crippen molar-refractivity contribution >= 4 is 12.1 Å². The third-order valence-corrected chi connectivity index (χ3v) is 5.43. The predicted molar refractivity (Wildman–Crippen MR) is 105 cm³/mol. The van der Waals surface area contributed by atoms with Gasteiger partial charge in [0.05, 0.1) is 18.2 Å². The van der Waals surface area contributed by atoms with Crippen molar-refractivity contribution < 1.29 is 23.8 Å². The normalized spacial score (nSPS) is 27.4. The van der Waals surface area contributed by atoms with Gasteiger partial charge >= 0.3 is 12.1 Å². The lowest BCUT2D eigenvalue weighted by molar-refractivity contribution is -0.105. The van der Waals surface area contributed by atoms with E-state index in [9.17, 15) is 9.59 Å². The maximum absolute atomic E-state index is 12.4. The lowest BCUT2D eigenvalue weighted by Crippen LogP contribution is -2.58. The van der Waals surface area contributed by atoms with Gasteiger partial charge in [0.25, 0.3) is 0 Å². The third-order valence-electron chi connectivity index (χ3n) is 5.43. The van der Waals surface area contributed by atoms with E-state index in [0.29, 0.717) is 24.0 Å². The van der Waals surface area contributed by atoms with Gasteiger partial charge in [-0.3, -0.25) is 0 Å². The van der Waals surface area contributed by atoms with Crippen molar-refractivity contribution in [3.05, 3.63) is 35.9 Å². The van der Waals surface area contributed by atoms with Crippen LogP contribution in [0.25, 0.3) is 0 Å². The molecular formula is C22H31NO5. The van der Waals surface area contributed by atoms with Gasteiger partial charge in [0.1, 0.15) is 18.3 Å². The molecule has 2 fully saturated rings. The lowest BCUT2D eigenvalue weighted by atomic mass is 9.72. The second-order valence-electron chi connectivity index (χ2n) is 8.72. The first-order valence-corrected chi connectivity index (χ1v) is 10.2. The van der Waals surface area contributed by atoms with Gasteiger partial charge in [0.15, 0.2) is 0 Å². The molecule has 6 nitrogen and oxygen atoms in total. The van der Waals surface area contributed by atoms with E-state index in [4.69, 9.17) is 14.2 Å². The lowest BCUT2D eigenvalue weighted by Gasteiger charge is -2.45. The van der Waals surface area contributed by atoms with Crippen LogP contribution in [0.2, 0.25) is 0 Å². The monoisotopic (exact) mass is 389 g/mol. The number of fused-ring (bicyclic) bond motifs is 1. The Hall–Kier alpha value is -2.08. The van der Waals surface area contributed by atoms with E-state index in [2.05, 4.69) is 5.32 Å². The Kier molecular flexibility index (Phi) is 6.60. The molecule has 0 bridgehead atoms. The molecule has 0 aromatic heterocycles. The highest BCUT2D eigenvalue weighted by molar-refractivity contribution is 5.89. The number of esters is 1. The summed E-state index contributed by atoms with van der Waals surface area (Å²) in [7, 11) is 0. The van der Waals surface area contributed by atoms with E-state index in [-0.39, 0.29) is 24.7 Å². The number of carbonyl (C=O) groups excluding carboxylic acids is 2. The third kappa shape index (κ3) is 5.47. The molecule has 1 saturated carbocycles. The van der Waals surface area contributed by atoms with Crippen LogP contribution in [-0.4, -0.2) is 43.0 Å². The molecule has 6 heteroatoms. The van der Waals surface area contributed by atoms with Crippen LogP contribution in [0.1, 0.15) is 56.8 Å². The van der Waals surface area contributed by atoms with Gasteiger partial charge < -0.3 is 19.5 Å². The Morgan fingerprint density at radius 1 is 1.14 bits per heavy atom. The highest BCUT2D eigenvalue weighted by atomic mass is 16.6. The summed E-state index contributed by atoms with van der Waals surface area (Å²) in [6, 6.07) is 8.67. The summed E-state index contributed by atoms with van der Waals surface area (Å²) in [4.78, 5) is 24.7. The number of alkyl carbamates (subject to hydrolysis) is 1. The Labute approximate surface area is 166 Å². The second kappa shape index (κ2) is 8.95. The largest absolute Gasteiger partial charge is 0.459 e. The molecule has 1 aromatic carbocycles. The first kappa shape index (κ1) is 20.6. The Morgan fingerprint density at radius 3 is 2.57 bits per heavy atom. The summed E-state index contributed by atoms with van der Waals surface area (Å²) in [6.45, 7) is 6.27. The molecule has 1 heterocycles. The van der Waals surface area contributed by atoms with E-state index in [1.165, 1.54) is 6.42 Å². The molecule has 3 rings (SSSR count). The van der Waals surface area contributed by atoms with E-state index in [1.807, 2.05) is 26.8 Å². The molecule has 0 unspecified atom stereocenters. The maximum Gasteiger partial charge on any atom is 0.407 e. The summed E-state index contributed by atoms with van der Waals surface area (Å²) < 4.78 is 17.0. The first-order chi connectivity index (χ1) is 13.3. The molecule has 1 aliphatic carbocycles. The fourth-order valence-electron chi connectivity index (χ4n) is 4.15. The number of carbonyl (C=O) groups is 2. The van der Waals surface area contributed by atoms with Crippen molar-refractivity contribution in [2.75, 3.05) is 13.2 Å². The van der Waals surface area contributed by atoms with Gasteiger partial charge in [0, 0.05) is 0 Å². The molecule has 2 aliphatic rings. The van der Waals surface area contributed by atoms with Crippen LogP contribution < -0.4 is 5.32 Å². The summed E-state index contributed by atoms with van der Waals surface area (Å²) in [5, 5.41) is 3.01. The molecule has 1 amide bonds. The SMILES string of the molecule is CC(C)(C)OC(=O)N[C@@H]1[C@H]2CCCC[C@@H]2CO[C@@H]1COC(=O)c1ccccc1. The average Bonchev–Trinajstić information content (AvgIpc) is 2.66. The fraction of sp³-hybridized carbons (Fsp3) is 0.636. The number of amides is 1. The van der Waals surface area contributed by atoms with Crippen LogP contribution in [0.3, 0.4) is 0 Å². The average molecular weight is 389 g/mol. The zero-order valence-corrected chi connectivity index (χ0v) is 17.0. The van der Waals surface area contributed by atoms with Gasteiger partial charge in [-0.05, 0) is 57.6 Å². The minimum atomic E-state index is -0.569. The number of ether oxygens (including phenoxy) is 3. The quantitative estimate of drug-likeness (QED) is 0.790. The highest BCUT2D eigenvalue weighted by Crippen LogP contribution is 2.38. The van der Waals surface area contributed by atoms with Crippen LogP contribution >= 0.6 is 0 Å². The van der Waals surface area contributed by atoms with Crippen LogP contribution in [0.15, 0.2) is 30.3 Å². The summed E-state index contributed by atoms with van der Waals surface area (Å²) in [5.41, 5.74) is -0.0635. The summed E-state index contributed by atoms with van der Waals surface area (Å²) in [6.07, 6.45) is 3.65. The van der Waals surface area contributed by atoms with E-state index in [0.717, 1.165) is 19.3 Å². The maximum atomic E-state index is 12.4. The van der Waals surface area contributed by atoms with Gasteiger partial charge in [-0.25, -0.2) is 9.59 Å². The molecular weight excluding hydrogens is 358 g/mol. The van der Waals surface area contributed by atoms with E-state index >= 15 is 0 Å². The molecule has 1 N–H and O–H groups in total. The van der Waals surface area contributed by atoms with Crippen molar-refractivity contribution in [3.63, 3.8) is 0 Å². The Morgan fingerprint density at radius 2 is 1.86 bits per heavy atom. The van der Waals surface area contributed by atoms with Crippen molar-refractivity contribution in [2.45, 2.75) is 64.2 Å². The van der Waals surface area contributed by atoms with Crippen LogP contribution in [0.5, 0.6) is 0 Å². The molecule has 1 saturated heterocycles. The molecule has 0 spiro atoms. The van der Waals surface area contributed by atoms with Crippen LogP contribution in [0.4, 0.5) is 4.79 Å². The van der Waals surface area contributed by atoms with E-state index in [1.54, 1.807) is 24.3 Å². The molecule has 0 radical (unpaired) electrons. The number of hydrogen-bond donors (Lipinski definition) is 1. The summed E-state index contributed by atoms with van der Waals surface area (Å²) >= 11 is 0. The van der Waals surface area contributed by atoms with Crippen LogP contribution in [0, 0.1) is 11.8 Å². The molecule has 1 aromatic rings. The fourth-order valence-corrected chi connectivity index (χ4v) is 4.15. The molecule has 1 aliphatic heterocycles. The standard InChI is InChI=1S/C22H31NO5/c1-22(2,3)28-21(25)23-19-17-12-8-7-11-16(17)13-26-18(19)14-27-20(24)15-9-5-4-6-10-15/h4-6,9-10,16-19H,7-8,11-14H2,1-3H3,(H,23,25)/t16-,17+,18-,19-/m1/s1. The topological polar surface area (TPSA) is 73.9 Å². The highest BCUT2D eigenvalue weighted by Gasteiger charge is 2.43. The summed E-state index contributed by atoms with van der Waals surface area (Å²) in [5.74, 6) is 0.358. The molecule has 154 valence electrons. The zero-order chi connectivity index (χ0) is 20.1. The van der Waals surface area contributed by atoms with Gasteiger partial charge in [0.2, 0.25) is 0 Å². The predicted octanol–water partition coefficient (Wildman–Crippen LogP) is 3.94.